The highest BCUT2D eigenvalue weighted by molar-refractivity contribution is 5.91. The van der Waals surface area contributed by atoms with Gasteiger partial charge in [0.25, 0.3) is 0 Å². The van der Waals surface area contributed by atoms with Gasteiger partial charge in [-0.2, -0.15) is 0 Å². The van der Waals surface area contributed by atoms with Gasteiger partial charge in [-0.3, -0.25) is 0 Å². The van der Waals surface area contributed by atoms with Gasteiger partial charge in [0, 0.05) is 0 Å². The Labute approximate surface area is 481 Å². The molecule has 0 unspecified atom stereocenters. The van der Waals surface area contributed by atoms with E-state index in [2.05, 4.69) is 0 Å². The van der Waals surface area contributed by atoms with Gasteiger partial charge in [0.15, 0.2) is 24.6 Å². The SMILES string of the molecule is O=C(OC[C@H]1O[C@H](O[C@@H]2[C@@H](OCc3ccccc3)[C@H](OCc3ccccc3)[C@@H](OCc3ccccc3)[C@@H](O)[C@H]2OCc2ccccc2)[C@H](OC(=O)c2ccccc2)[C@@H](OC(=O)c2ccccc2)[C@@H]1OC(=O)c1ccccc1)c1ccccc1. The van der Waals surface area contributed by atoms with E-state index in [9.17, 15) is 24.3 Å². The highest BCUT2D eigenvalue weighted by Crippen LogP contribution is 2.39. The van der Waals surface area contributed by atoms with Gasteiger partial charge >= 0.3 is 23.9 Å². The van der Waals surface area contributed by atoms with E-state index in [4.69, 9.17) is 47.4 Å². The molecule has 1 saturated heterocycles. The van der Waals surface area contributed by atoms with Crippen LogP contribution in [0.1, 0.15) is 63.7 Å². The van der Waals surface area contributed by atoms with Crippen molar-refractivity contribution in [1.82, 2.24) is 0 Å². The van der Waals surface area contributed by atoms with Crippen LogP contribution in [0.5, 0.6) is 0 Å². The zero-order valence-corrected chi connectivity index (χ0v) is 45.1. The lowest BCUT2D eigenvalue weighted by molar-refractivity contribution is -0.348. The first-order valence-corrected chi connectivity index (χ1v) is 27.4. The Hall–Kier alpha value is -8.64. The minimum Gasteiger partial charge on any atom is -0.459 e. The number of benzene rings is 8. The van der Waals surface area contributed by atoms with Crippen molar-refractivity contribution in [2.24, 2.45) is 0 Å². The molecule has 2 aliphatic rings. The van der Waals surface area contributed by atoms with E-state index in [1.807, 2.05) is 121 Å². The monoisotopic (exact) mass is 1120 g/mol. The predicted molar refractivity (Wildman–Crippen MR) is 303 cm³/mol. The third-order valence-electron chi connectivity index (χ3n) is 14.1. The number of aliphatic hydroxyl groups is 1. The van der Waals surface area contributed by atoms with Gasteiger partial charge in [0.05, 0.1) is 48.7 Å². The topological polar surface area (TPSA) is 181 Å². The summed E-state index contributed by atoms with van der Waals surface area (Å²) in [6.07, 6.45) is -16.4. The lowest BCUT2D eigenvalue weighted by Crippen LogP contribution is -2.69. The van der Waals surface area contributed by atoms with Gasteiger partial charge in [0.2, 0.25) is 0 Å². The minimum absolute atomic E-state index is 0.00565. The molecule has 424 valence electrons. The molecule has 10 rings (SSSR count). The summed E-state index contributed by atoms with van der Waals surface area (Å²) < 4.78 is 67.0. The van der Waals surface area contributed by atoms with E-state index in [0.717, 1.165) is 22.3 Å². The summed E-state index contributed by atoms with van der Waals surface area (Å²) in [6, 6.07) is 70.2. The van der Waals surface area contributed by atoms with Crippen LogP contribution >= 0.6 is 0 Å². The van der Waals surface area contributed by atoms with E-state index >= 15 is 0 Å². The summed E-state index contributed by atoms with van der Waals surface area (Å²) in [6.45, 7) is -0.574. The molecule has 8 aromatic carbocycles. The number of hydrogen-bond acceptors (Lipinski definition) is 15. The fourth-order valence-electron chi connectivity index (χ4n) is 9.92. The van der Waals surface area contributed by atoms with Crippen molar-refractivity contribution in [1.29, 1.82) is 0 Å². The molecule has 8 aromatic rings. The van der Waals surface area contributed by atoms with E-state index in [1.54, 1.807) is 84.9 Å². The number of rotatable bonds is 23. The molecule has 0 bridgehead atoms. The Bertz CT molecular complexity index is 3270. The first-order chi connectivity index (χ1) is 40.8. The molecule has 1 aliphatic carbocycles. The molecule has 2 fully saturated rings. The van der Waals surface area contributed by atoms with Crippen molar-refractivity contribution < 1.29 is 71.7 Å². The van der Waals surface area contributed by atoms with Gasteiger partial charge in [-0.25, -0.2) is 19.2 Å². The maximum atomic E-state index is 14.7. The lowest BCUT2D eigenvalue weighted by atomic mass is 9.83. The van der Waals surface area contributed by atoms with Crippen LogP contribution in [-0.4, -0.2) is 103 Å². The highest BCUT2D eigenvalue weighted by atomic mass is 16.7. The normalized spacial score (nSPS) is 23.0. The predicted octanol–water partition coefficient (Wildman–Crippen LogP) is 10.3. The highest BCUT2D eigenvalue weighted by Gasteiger charge is 2.59. The zero-order valence-electron chi connectivity index (χ0n) is 45.1. The maximum absolute atomic E-state index is 14.7. The fourth-order valence-corrected chi connectivity index (χ4v) is 9.92. The molecule has 15 nitrogen and oxygen atoms in total. The number of esters is 4. The minimum atomic E-state index is -1.83. The summed E-state index contributed by atoms with van der Waals surface area (Å²) in [5.41, 5.74) is 3.69. The van der Waals surface area contributed by atoms with Gasteiger partial charge in [-0.05, 0) is 70.8 Å². The molecular formula is C68H62O15. The number of aliphatic hydroxyl groups excluding tert-OH is 1. The molecule has 15 heteroatoms. The smallest absolute Gasteiger partial charge is 0.338 e. The van der Waals surface area contributed by atoms with Gasteiger partial charge < -0.3 is 52.5 Å². The molecular weight excluding hydrogens is 1060 g/mol. The van der Waals surface area contributed by atoms with Crippen LogP contribution in [0.25, 0.3) is 0 Å². The number of ether oxygens (including phenoxy) is 10. The lowest BCUT2D eigenvalue weighted by Gasteiger charge is -2.51. The van der Waals surface area contributed by atoms with Crippen molar-refractivity contribution in [3.63, 3.8) is 0 Å². The van der Waals surface area contributed by atoms with Crippen molar-refractivity contribution >= 4 is 23.9 Å². The number of carbonyl (C=O) groups is 4. The van der Waals surface area contributed by atoms with Gasteiger partial charge in [-0.1, -0.05) is 194 Å². The number of carbonyl (C=O) groups excluding carboxylic acids is 4. The summed E-state index contributed by atoms with van der Waals surface area (Å²) >= 11 is 0. The summed E-state index contributed by atoms with van der Waals surface area (Å²) in [4.78, 5) is 57.6. The Kier molecular flexibility index (Phi) is 20.0. The summed E-state index contributed by atoms with van der Waals surface area (Å²) in [5, 5.41) is 13.1. The Morgan fingerprint density at radius 2 is 0.614 bits per heavy atom. The van der Waals surface area contributed by atoms with Crippen molar-refractivity contribution in [2.45, 2.75) is 93.8 Å². The summed E-state index contributed by atoms with van der Waals surface area (Å²) in [7, 11) is 0. The molecule has 0 radical (unpaired) electrons. The van der Waals surface area contributed by atoms with Crippen LogP contribution in [-0.2, 0) is 73.8 Å². The van der Waals surface area contributed by atoms with E-state index < -0.39 is 97.8 Å². The first kappa shape index (κ1) is 57.6. The van der Waals surface area contributed by atoms with Crippen molar-refractivity contribution in [3.05, 3.63) is 287 Å². The fraction of sp³-hybridized carbons (Fsp3) is 0.235. The molecule has 0 aromatic heterocycles. The van der Waals surface area contributed by atoms with Crippen LogP contribution in [0, 0.1) is 0 Å². The molecule has 11 atom stereocenters. The second-order valence-corrected chi connectivity index (χ2v) is 19.9. The van der Waals surface area contributed by atoms with E-state index in [-0.39, 0.29) is 48.7 Å². The molecule has 1 saturated carbocycles. The van der Waals surface area contributed by atoms with Crippen LogP contribution in [0.15, 0.2) is 243 Å². The largest absolute Gasteiger partial charge is 0.459 e. The molecule has 1 aliphatic heterocycles. The van der Waals surface area contributed by atoms with Crippen molar-refractivity contribution in [2.75, 3.05) is 6.61 Å². The van der Waals surface area contributed by atoms with Crippen molar-refractivity contribution in [3.8, 4) is 0 Å². The van der Waals surface area contributed by atoms with Gasteiger partial charge in [-0.15, -0.1) is 0 Å². The zero-order chi connectivity index (χ0) is 57.2. The van der Waals surface area contributed by atoms with Crippen LogP contribution in [0.3, 0.4) is 0 Å². The van der Waals surface area contributed by atoms with E-state index in [1.165, 1.54) is 36.4 Å². The molecule has 83 heavy (non-hydrogen) atoms. The third-order valence-corrected chi connectivity index (χ3v) is 14.1. The summed E-state index contributed by atoms with van der Waals surface area (Å²) in [5.74, 6) is -3.42. The molecule has 1 N–H and O–H groups in total. The molecule has 1 heterocycles. The third kappa shape index (κ3) is 15.3. The Morgan fingerprint density at radius 1 is 0.325 bits per heavy atom. The molecule has 0 amide bonds. The average molecular weight is 1120 g/mol. The Morgan fingerprint density at radius 3 is 0.988 bits per heavy atom. The van der Waals surface area contributed by atoms with Gasteiger partial charge in [0.1, 0.15) is 49.3 Å². The van der Waals surface area contributed by atoms with E-state index in [0.29, 0.717) is 0 Å². The maximum Gasteiger partial charge on any atom is 0.338 e. The second kappa shape index (κ2) is 28.9. The standard InChI is InChI=1S/C68H62O15/c69-55-57(74-41-46-25-9-1-10-26-46)59(76-43-48-29-13-3-14-30-48)60(77-44-49-31-15-4-16-32-49)62(58(55)75-42-47-27-11-2-12-28-47)83-68-63(82-67(73)53-39-23-8-24-40-53)61(81-66(72)52-37-21-7-22-38-52)56(80-65(71)51-35-19-6-20-36-51)54(79-68)45-78-64(70)50-33-17-5-18-34-50/h1-40,54-63,68-69H,41-45H2/t54-,55-,56-,57+,58-,59-,60+,61+,62+,63-,68-/m1/s1. The second-order valence-electron chi connectivity index (χ2n) is 19.9. The Balaban J connectivity index is 1.12. The quantitative estimate of drug-likeness (QED) is 0.0472. The first-order valence-electron chi connectivity index (χ1n) is 27.4. The molecule has 0 spiro atoms. The average Bonchev–Trinajstić information content (AvgIpc) is 3.70. The van der Waals surface area contributed by atoms with Crippen LogP contribution < -0.4 is 0 Å². The van der Waals surface area contributed by atoms with Crippen LogP contribution in [0.4, 0.5) is 0 Å². The van der Waals surface area contributed by atoms with Crippen LogP contribution in [0.2, 0.25) is 0 Å². The number of hydrogen-bond donors (Lipinski definition) is 1.